The summed E-state index contributed by atoms with van der Waals surface area (Å²) in [4.78, 5) is 2.30. The summed E-state index contributed by atoms with van der Waals surface area (Å²) in [6, 6.07) is 9.01. The molecule has 0 saturated heterocycles. The Labute approximate surface area is 130 Å². The van der Waals surface area contributed by atoms with Crippen LogP contribution in [0.5, 0.6) is 0 Å². The lowest BCUT2D eigenvalue weighted by Crippen LogP contribution is -2.49. The van der Waals surface area contributed by atoms with Crippen molar-refractivity contribution < 1.29 is 5.11 Å². The summed E-state index contributed by atoms with van der Waals surface area (Å²) in [5.41, 5.74) is 2.42. The first kappa shape index (κ1) is 18.0. The summed E-state index contributed by atoms with van der Waals surface area (Å²) in [5, 5.41) is 13.0. The minimum Gasteiger partial charge on any atom is -0.394 e. The Kier molecular flexibility index (Phi) is 7.20. The third-order valence-electron chi connectivity index (χ3n) is 3.90. The number of unbranched alkanes of at least 4 members (excludes halogenated alkanes) is 1. The third-order valence-corrected chi connectivity index (χ3v) is 3.90. The summed E-state index contributed by atoms with van der Waals surface area (Å²) >= 11 is 0. The van der Waals surface area contributed by atoms with Crippen LogP contribution >= 0.6 is 0 Å². The summed E-state index contributed by atoms with van der Waals surface area (Å²) in [7, 11) is 2.15. The maximum absolute atomic E-state index is 9.58. The van der Waals surface area contributed by atoms with Gasteiger partial charge in [0.25, 0.3) is 0 Å². The zero-order valence-corrected chi connectivity index (χ0v) is 14.3. The van der Waals surface area contributed by atoms with Gasteiger partial charge in [0.2, 0.25) is 0 Å². The molecule has 0 fully saturated rings. The summed E-state index contributed by atoms with van der Waals surface area (Å²) < 4.78 is 0. The van der Waals surface area contributed by atoms with Gasteiger partial charge >= 0.3 is 0 Å². The molecule has 0 bridgehead atoms. The Balaban J connectivity index is 2.36. The van der Waals surface area contributed by atoms with Crippen LogP contribution in [0.3, 0.4) is 0 Å². The number of aliphatic hydroxyl groups is 1. The maximum atomic E-state index is 9.58. The van der Waals surface area contributed by atoms with Crippen LogP contribution in [0.4, 0.5) is 5.69 Å². The Morgan fingerprint density at radius 2 is 2.00 bits per heavy atom. The van der Waals surface area contributed by atoms with E-state index in [2.05, 4.69) is 69.2 Å². The molecule has 0 amide bonds. The average Bonchev–Trinajstić information content (AvgIpc) is 2.42. The van der Waals surface area contributed by atoms with E-state index in [0.29, 0.717) is 6.04 Å². The first-order valence-corrected chi connectivity index (χ1v) is 8.03. The normalized spacial score (nSPS) is 14.2. The Morgan fingerprint density at radius 1 is 1.29 bits per heavy atom. The van der Waals surface area contributed by atoms with Crippen molar-refractivity contribution in [2.75, 3.05) is 25.1 Å². The minimum atomic E-state index is -0.157. The zero-order valence-electron chi connectivity index (χ0n) is 14.3. The number of nitrogens with zero attached hydrogens (tertiary/aromatic N) is 1. The maximum Gasteiger partial charge on any atom is 0.0610 e. The fraction of sp³-hybridized carbons (Fsp3) is 0.667. The van der Waals surface area contributed by atoms with E-state index < -0.39 is 0 Å². The SMILES string of the molecule is Cc1cccc(N(C)CCCCC(C)(CO)NC(C)C)c1. The van der Waals surface area contributed by atoms with Crippen molar-refractivity contribution >= 4 is 5.69 Å². The molecule has 0 aromatic heterocycles. The highest BCUT2D eigenvalue weighted by atomic mass is 16.3. The van der Waals surface area contributed by atoms with E-state index in [1.165, 1.54) is 11.3 Å². The lowest BCUT2D eigenvalue weighted by atomic mass is 9.94. The molecule has 1 aromatic carbocycles. The number of rotatable bonds is 9. The molecule has 0 aliphatic carbocycles. The van der Waals surface area contributed by atoms with Gasteiger partial charge in [-0.25, -0.2) is 0 Å². The number of aliphatic hydroxyl groups excluding tert-OH is 1. The number of anilines is 1. The van der Waals surface area contributed by atoms with Gasteiger partial charge in [-0.1, -0.05) is 26.0 Å². The largest absolute Gasteiger partial charge is 0.394 e. The molecular weight excluding hydrogens is 260 g/mol. The monoisotopic (exact) mass is 292 g/mol. The van der Waals surface area contributed by atoms with Crippen molar-refractivity contribution in [1.82, 2.24) is 5.32 Å². The van der Waals surface area contributed by atoms with Crippen molar-refractivity contribution in [1.29, 1.82) is 0 Å². The highest BCUT2D eigenvalue weighted by Crippen LogP contribution is 2.17. The first-order valence-electron chi connectivity index (χ1n) is 8.03. The van der Waals surface area contributed by atoms with Gasteiger partial charge in [0.1, 0.15) is 0 Å². The van der Waals surface area contributed by atoms with Gasteiger partial charge < -0.3 is 15.3 Å². The fourth-order valence-corrected chi connectivity index (χ4v) is 2.75. The standard InChI is InChI=1S/C18H32N2O/c1-15(2)19-18(4,14-21)11-6-7-12-20(5)17-10-8-9-16(3)13-17/h8-10,13,15,19,21H,6-7,11-12,14H2,1-5H3. The van der Waals surface area contributed by atoms with E-state index in [1.54, 1.807) is 0 Å². The molecule has 0 radical (unpaired) electrons. The number of benzene rings is 1. The molecule has 3 heteroatoms. The molecule has 1 atom stereocenters. The molecule has 0 spiro atoms. The highest BCUT2D eigenvalue weighted by Gasteiger charge is 2.22. The van der Waals surface area contributed by atoms with Gasteiger partial charge in [-0.15, -0.1) is 0 Å². The number of hydrogen-bond donors (Lipinski definition) is 2. The number of hydrogen-bond acceptors (Lipinski definition) is 3. The Bertz CT molecular complexity index is 419. The molecule has 0 aliphatic heterocycles. The Morgan fingerprint density at radius 3 is 2.57 bits per heavy atom. The third kappa shape index (κ3) is 6.49. The highest BCUT2D eigenvalue weighted by molar-refractivity contribution is 5.47. The Hall–Kier alpha value is -1.06. The van der Waals surface area contributed by atoms with Crippen molar-refractivity contribution in [3.63, 3.8) is 0 Å². The quantitative estimate of drug-likeness (QED) is 0.685. The van der Waals surface area contributed by atoms with Gasteiger partial charge in [0.15, 0.2) is 0 Å². The molecule has 21 heavy (non-hydrogen) atoms. The predicted octanol–water partition coefficient (Wildman–Crippen LogP) is 3.35. The molecule has 2 N–H and O–H groups in total. The second kappa shape index (κ2) is 8.40. The first-order chi connectivity index (χ1) is 9.86. The fourth-order valence-electron chi connectivity index (χ4n) is 2.75. The molecule has 3 nitrogen and oxygen atoms in total. The lowest BCUT2D eigenvalue weighted by Gasteiger charge is -2.31. The van der Waals surface area contributed by atoms with Crippen molar-refractivity contribution in [3.05, 3.63) is 29.8 Å². The van der Waals surface area contributed by atoms with Crippen molar-refractivity contribution in [2.45, 2.75) is 58.5 Å². The molecule has 120 valence electrons. The van der Waals surface area contributed by atoms with Gasteiger partial charge in [-0.2, -0.15) is 0 Å². The van der Waals surface area contributed by atoms with E-state index in [0.717, 1.165) is 25.8 Å². The molecular formula is C18H32N2O. The molecule has 1 rings (SSSR count). The lowest BCUT2D eigenvalue weighted by molar-refractivity contribution is 0.154. The number of aryl methyl sites for hydroxylation is 1. The second-order valence-electron chi connectivity index (χ2n) is 6.74. The molecule has 0 saturated carbocycles. The van der Waals surface area contributed by atoms with Crippen LogP contribution in [0.2, 0.25) is 0 Å². The van der Waals surface area contributed by atoms with E-state index in [9.17, 15) is 5.11 Å². The molecule has 0 aliphatic rings. The zero-order chi connectivity index (χ0) is 15.9. The predicted molar refractivity (Wildman–Crippen MR) is 92.1 cm³/mol. The second-order valence-corrected chi connectivity index (χ2v) is 6.74. The summed E-state index contributed by atoms with van der Waals surface area (Å²) in [6.07, 6.45) is 3.26. The van der Waals surface area contributed by atoms with E-state index in [1.807, 2.05) is 0 Å². The van der Waals surface area contributed by atoms with Crippen LogP contribution in [-0.2, 0) is 0 Å². The molecule has 0 heterocycles. The van der Waals surface area contributed by atoms with Crippen molar-refractivity contribution in [2.24, 2.45) is 0 Å². The summed E-state index contributed by atoms with van der Waals surface area (Å²) in [6.45, 7) is 9.73. The number of nitrogens with one attached hydrogen (secondary N) is 1. The van der Waals surface area contributed by atoms with Crippen LogP contribution in [0.15, 0.2) is 24.3 Å². The van der Waals surface area contributed by atoms with Gasteiger partial charge in [-0.3, -0.25) is 0 Å². The van der Waals surface area contributed by atoms with Gasteiger partial charge in [0, 0.05) is 30.9 Å². The molecule has 1 aromatic rings. The van der Waals surface area contributed by atoms with Crippen LogP contribution < -0.4 is 10.2 Å². The van der Waals surface area contributed by atoms with Gasteiger partial charge in [-0.05, 0) is 50.8 Å². The van der Waals surface area contributed by atoms with Crippen LogP contribution in [0.1, 0.15) is 45.6 Å². The van der Waals surface area contributed by atoms with Crippen LogP contribution in [0, 0.1) is 6.92 Å². The van der Waals surface area contributed by atoms with E-state index >= 15 is 0 Å². The summed E-state index contributed by atoms with van der Waals surface area (Å²) in [5.74, 6) is 0. The smallest absolute Gasteiger partial charge is 0.0610 e. The average molecular weight is 292 g/mol. The molecule has 1 unspecified atom stereocenters. The van der Waals surface area contributed by atoms with E-state index in [-0.39, 0.29) is 12.1 Å². The van der Waals surface area contributed by atoms with Crippen LogP contribution in [-0.4, -0.2) is 36.9 Å². The van der Waals surface area contributed by atoms with Crippen molar-refractivity contribution in [3.8, 4) is 0 Å². The topological polar surface area (TPSA) is 35.5 Å². The van der Waals surface area contributed by atoms with Gasteiger partial charge in [0.05, 0.1) is 6.61 Å². The minimum absolute atomic E-state index is 0.157. The van der Waals surface area contributed by atoms with Crippen LogP contribution in [0.25, 0.3) is 0 Å². The van der Waals surface area contributed by atoms with E-state index in [4.69, 9.17) is 0 Å².